The van der Waals surface area contributed by atoms with Crippen LogP contribution in [-0.2, 0) is 16.0 Å². The predicted molar refractivity (Wildman–Crippen MR) is 105 cm³/mol. The summed E-state index contributed by atoms with van der Waals surface area (Å²) in [7, 11) is 0. The summed E-state index contributed by atoms with van der Waals surface area (Å²) in [5.74, 6) is 0.187. The summed E-state index contributed by atoms with van der Waals surface area (Å²) in [4.78, 5) is 38.1. The first-order valence-corrected chi connectivity index (χ1v) is 9.17. The molecule has 0 saturated carbocycles. The van der Waals surface area contributed by atoms with Crippen LogP contribution in [0, 0.1) is 0 Å². The minimum atomic E-state index is -0.638. The number of ether oxygens (including phenoxy) is 2. The van der Waals surface area contributed by atoms with E-state index in [0.29, 0.717) is 22.7 Å². The molecular weight excluding hydrogens is 374 g/mol. The van der Waals surface area contributed by atoms with Crippen LogP contribution in [0.25, 0.3) is 6.08 Å². The minimum Gasteiger partial charge on any atom is -0.454 e. The van der Waals surface area contributed by atoms with Crippen LogP contribution in [0.4, 0.5) is 10.5 Å². The van der Waals surface area contributed by atoms with Gasteiger partial charge >= 0.3 is 6.03 Å². The number of amides is 4. The van der Waals surface area contributed by atoms with Crippen LogP contribution in [0.2, 0.25) is 0 Å². The van der Waals surface area contributed by atoms with E-state index in [1.54, 1.807) is 24.3 Å². The van der Waals surface area contributed by atoms with E-state index >= 15 is 0 Å². The van der Waals surface area contributed by atoms with Gasteiger partial charge in [0.1, 0.15) is 12.2 Å². The Morgan fingerprint density at radius 3 is 2.79 bits per heavy atom. The average molecular weight is 393 g/mol. The number of rotatable bonds is 5. The number of nitrogens with one attached hydrogen (secondary N) is 2. The Morgan fingerprint density at radius 2 is 1.97 bits per heavy atom. The molecule has 29 heavy (non-hydrogen) atoms. The maximum atomic E-state index is 12.6. The summed E-state index contributed by atoms with van der Waals surface area (Å²) in [6.07, 6.45) is 2.29. The topological polar surface area (TPSA) is 97.0 Å². The Hall–Kier alpha value is -3.81. The van der Waals surface area contributed by atoms with E-state index in [1.165, 1.54) is 6.08 Å². The van der Waals surface area contributed by atoms with E-state index < -0.39 is 17.8 Å². The van der Waals surface area contributed by atoms with Crippen molar-refractivity contribution < 1.29 is 23.9 Å². The molecule has 0 spiro atoms. The smallest absolute Gasteiger partial charge is 0.329 e. The number of nitrogens with zero attached hydrogens (tertiary/aromatic N) is 1. The van der Waals surface area contributed by atoms with Gasteiger partial charge in [-0.05, 0) is 41.8 Å². The second-order valence-electron chi connectivity index (χ2n) is 6.55. The molecular formula is C21H19N3O5. The number of carbonyl (C=O) groups is 3. The molecule has 0 bridgehead atoms. The van der Waals surface area contributed by atoms with Gasteiger partial charge in [-0.1, -0.05) is 31.2 Å². The second kappa shape index (κ2) is 7.67. The molecule has 2 aromatic rings. The fourth-order valence-electron chi connectivity index (χ4n) is 3.17. The largest absolute Gasteiger partial charge is 0.454 e. The zero-order valence-corrected chi connectivity index (χ0v) is 15.7. The van der Waals surface area contributed by atoms with Gasteiger partial charge in [0.25, 0.3) is 5.91 Å². The number of para-hydroxylation sites is 1. The summed E-state index contributed by atoms with van der Waals surface area (Å²) in [5.41, 5.74) is 2.40. The third kappa shape index (κ3) is 3.77. The first-order chi connectivity index (χ1) is 14.0. The van der Waals surface area contributed by atoms with Gasteiger partial charge in [0, 0.05) is 5.69 Å². The van der Waals surface area contributed by atoms with E-state index in [4.69, 9.17) is 9.47 Å². The molecule has 8 nitrogen and oxygen atoms in total. The van der Waals surface area contributed by atoms with Crippen molar-refractivity contribution in [2.45, 2.75) is 13.3 Å². The van der Waals surface area contributed by atoms with Crippen molar-refractivity contribution in [2.24, 2.45) is 0 Å². The van der Waals surface area contributed by atoms with Crippen LogP contribution in [0.5, 0.6) is 11.5 Å². The second-order valence-corrected chi connectivity index (χ2v) is 6.55. The highest BCUT2D eigenvalue weighted by Crippen LogP contribution is 2.33. The lowest BCUT2D eigenvalue weighted by atomic mass is 10.1. The maximum Gasteiger partial charge on any atom is 0.329 e. The van der Waals surface area contributed by atoms with Gasteiger partial charge < -0.3 is 20.1 Å². The quantitative estimate of drug-likeness (QED) is 0.601. The van der Waals surface area contributed by atoms with Crippen LogP contribution >= 0.6 is 0 Å². The zero-order valence-electron chi connectivity index (χ0n) is 15.7. The number of imide groups is 1. The van der Waals surface area contributed by atoms with Crippen molar-refractivity contribution in [1.82, 2.24) is 10.2 Å². The SMILES string of the molecule is CCc1ccccc1NC(=O)CN1C(=O)N/C(=C/c2ccc3c(c2)OCO3)C1=O. The van der Waals surface area contributed by atoms with Crippen LogP contribution in [0.3, 0.4) is 0 Å². The number of benzene rings is 2. The number of urea groups is 1. The predicted octanol–water partition coefficient (Wildman–Crippen LogP) is 2.51. The van der Waals surface area contributed by atoms with Gasteiger partial charge in [-0.2, -0.15) is 0 Å². The Kier molecular flexibility index (Phi) is 4.90. The van der Waals surface area contributed by atoms with E-state index in [1.807, 2.05) is 25.1 Å². The fraction of sp³-hybridized carbons (Fsp3) is 0.190. The van der Waals surface area contributed by atoms with Gasteiger partial charge in [0.2, 0.25) is 12.7 Å². The Labute approximate surface area is 167 Å². The maximum absolute atomic E-state index is 12.6. The molecule has 0 atom stereocenters. The first-order valence-electron chi connectivity index (χ1n) is 9.17. The highest BCUT2D eigenvalue weighted by Gasteiger charge is 2.35. The molecule has 0 radical (unpaired) electrons. The van der Waals surface area contributed by atoms with Crippen LogP contribution in [-0.4, -0.2) is 36.1 Å². The number of hydrogen-bond acceptors (Lipinski definition) is 5. The normalized spacial score (nSPS) is 16.3. The molecule has 2 heterocycles. The van der Waals surface area contributed by atoms with Crippen molar-refractivity contribution in [3.8, 4) is 11.5 Å². The molecule has 0 aromatic heterocycles. The molecule has 0 unspecified atom stereocenters. The van der Waals surface area contributed by atoms with Gasteiger partial charge in [-0.15, -0.1) is 0 Å². The molecule has 1 saturated heterocycles. The zero-order chi connectivity index (χ0) is 20.4. The third-order valence-electron chi connectivity index (χ3n) is 4.64. The van der Waals surface area contributed by atoms with E-state index in [2.05, 4.69) is 10.6 Å². The number of aryl methyl sites for hydroxylation is 1. The molecule has 4 rings (SSSR count). The molecule has 2 aliphatic heterocycles. The minimum absolute atomic E-state index is 0.0932. The van der Waals surface area contributed by atoms with Gasteiger partial charge in [0.15, 0.2) is 11.5 Å². The molecule has 2 N–H and O–H groups in total. The Morgan fingerprint density at radius 1 is 1.17 bits per heavy atom. The standard InChI is InChI=1S/C21H19N3O5/c1-2-14-5-3-4-6-15(14)22-19(25)11-24-20(26)16(23-21(24)27)9-13-7-8-17-18(10-13)29-12-28-17/h3-10H,2,11-12H2,1H3,(H,22,25)(H,23,27)/b16-9+. The van der Waals surface area contributed by atoms with Crippen LogP contribution in [0.1, 0.15) is 18.1 Å². The van der Waals surface area contributed by atoms with Crippen molar-refractivity contribution in [3.05, 3.63) is 59.3 Å². The van der Waals surface area contributed by atoms with Crippen molar-refractivity contribution in [1.29, 1.82) is 0 Å². The van der Waals surface area contributed by atoms with E-state index in [9.17, 15) is 14.4 Å². The van der Waals surface area contributed by atoms with Crippen molar-refractivity contribution in [2.75, 3.05) is 18.7 Å². The van der Waals surface area contributed by atoms with Gasteiger partial charge in [0.05, 0.1) is 0 Å². The molecule has 4 amide bonds. The summed E-state index contributed by atoms with van der Waals surface area (Å²) >= 11 is 0. The number of carbonyl (C=O) groups excluding carboxylic acids is 3. The molecule has 148 valence electrons. The van der Waals surface area contributed by atoms with E-state index in [-0.39, 0.29) is 19.0 Å². The molecule has 1 fully saturated rings. The summed E-state index contributed by atoms with van der Waals surface area (Å²) in [6.45, 7) is 1.76. The molecule has 8 heteroatoms. The highest BCUT2D eigenvalue weighted by molar-refractivity contribution is 6.16. The fourth-order valence-corrected chi connectivity index (χ4v) is 3.17. The summed E-state index contributed by atoms with van der Waals surface area (Å²) in [5, 5.41) is 5.27. The number of fused-ring (bicyclic) bond motifs is 1. The lowest BCUT2D eigenvalue weighted by Gasteiger charge is -2.13. The summed E-state index contributed by atoms with van der Waals surface area (Å²) in [6, 6.07) is 12.0. The van der Waals surface area contributed by atoms with Crippen molar-refractivity contribution in [3.63, 3.8) is 0 Å². The monoisotopic (exact) mass is 393 g/mol. The summed E-state index contributed by atoms with van der Waals surface area (Å²) < 4.78 is 10.6. The lowest BCUT2D eigenvalue weighted by molar-refractivity contribution is -0.127. The van der Waals surface area contributed by atoms with Gasteiger partial charge in [-0.25, -0.2) is 9.69 Å². The van der Waals surface area contributed by atoms with Crippen LogP contribution < -0.4 is 20.1 Å². The lowest BCUT2D eigenvalue weighted by Crippen LogP contribution is -2.38. The average Bonchev–Trinajstić information content (AvgIpc) is 3.28. The molecule has 2 aromatic carbocycles. The number of anilines is 1. The van der Waals surface area contributed by atoms with Crippen molar-refractivity contribution >= 4 is 29.6 Å². The van der Waals surface area contributed by atoms with E-state index in [0.717, 1.165) is 16.9 Å². The van der Waals surface area contributed by atoms with Crippen LogP contribution in [0.15, 0.2) is 48.2 Å². The molecule has 0 aliphatic carbocycles. The number of hydrogen-bond donors (Lipinski definition) is 2. The highest BCUT2D eigenvalue weighted by atomic mass is 16.7. The Balaban J connectivity index is 1.46. The molecule has 2 aliphatic rings. The Bertz CT molecular complexity index is 1030. The third-order valence-corrected chi connectivity index (χ3v) is 4.64. The van der Waals surface area contributed by atoms with Gasteiger partial charge in [-0.3, -0.25) is 9.59 Å². The first kappa shape index (κ1) is 18.5.